The van der Waals surface area contributed by atoms with Gasteiger partial charge in [0.25, 0.3) is 5.19 Å². The molecule has 0 unspecified atom stereocenters. The van der Waals surface area contributed by atoms with Crippen molar-refractivity contribution in [3.05, 3.63) is 45.4 Å². The maximum absolute atomic E-state index is 11.6. The lowest BCUT2D eigenvalue weighted by molar-refractivity contribution is -0.227. The third kappa shape index (κ3) is 4.37. The van der Waals surface area contributed by atoms with E-state index in [1.165, 1.54) is 4.68 Å². The lowest BCUT2D eigenvalue weighted by Gasteiger charge is -2.52. The summed E-state index contributed by atoms with van der Waals surface area (Å²) < 4.78 is 13.5. The molecule has 1 saturated heterocycles. The van der Waals surface area contributed by atoms with Gasteiger partial charge in [0.05, 0.1) is 29.0 Å². The predicted octanol–water partition coefficient (Wildman–Crippen LogP) is 2.96. The number of thiol groups is 1. The molecule has 3 heterocycles. The molecule has 178 valence electrons. The molecular weight excluding hydrogens is 511 g/mol. The number of aromatic nitrogens is 4. The number of aliphatic hydroxyl groups excluding tert-OH is 2. The number of benzene rings is 1. The summed E-state index contributed by atoms with van der Waals surface area (Å²) in [6.45, 7) is 3.21. The normalized spacial score (nSPS) is 27.9. The maximum atomic E-state index is 11.6. The molecular formula is C20H22Cl2N4O5S2. The minimum atomic E-state index is -1.46. The van der Waals surface area contributed by atoms with Gasteiger partial charge in [0.15, 0.2) is 0 Å². The van der Waals surface area contributed by atoms with Gasteiger partial charge in [0, 0.05) is 5.38 Å². The molecule has 3 aromatic rings. The first-order valence-corrected chi connectivity index (χ1v) is 12.1. The number of halogens is 2. The van der Waals surface area contributed by atoms with E-state index in [4.69, 9.17) is 32.7 Å². The van der Waals surface area contributed by atoms with Crippen LogP contribution in [0.3, 0.4) is 0 Å². The fourth-order valence-electron chi connectivity index (χ4n) is 4.02. The summed E-state index contributed by atoms with van der Waals surface area (Å²) in [5.41, 5.74) is -1.02. The third-order valence-electron chi connectivity index (χ3n) is 5.42. The van der Waals surface area contributed by atoms with E-state index in [-0.39, 0.29) is 16.3 Å². The molecule has 0 amide bonds. The number of hydrogen-bond acceptors (Lipinski definition) is 10. The van der Waals surface area contributed by atoms with E-state index < -0.39 is 35.9 Å². The fourth-order valence-corrected chi connectivity index (χ4v) is 5.32. The molecule has 1 aromatic carbocycles. The van der Waals surface area contributed by atoms with Crippen molar-refractivity contribution in [2.75, 3.05) is 6.61 Å². The lowest BCUT2D eigenvalue weighted by atomic mass is 9.75. The second kappa shape index (κ2) is 9.67. The topological polar surface area (TPSA) is 123 Å². The molecule has 1 aliphatic rings. The Kier molecular flexibility index (Phi) is 7.23. The SMILES string of the molecule is CC(C)O[C@@H]1[C@H](S)O[C@@H](CO)[C@@H](O)[C@@]1(c1ccc(Cl)c(Cl)c1)n1cc(-c2csc(O)n2)nn1. The van der Waals surface area contributed by atoms with Crippen LogP contribution in [0.2, 0.25) is 10.0 Å². The van der Waals surface area contributed by atoms with Crippen molar-refractivity contribution in [3.8, 4) is 16.6 Å². The Hall–Kier alpha value is -1.44. The molecule has 3 N–H and O–H groups in total. The number of aliphatic hydroxyl groups is 2. The Balaban J connectivity index is 1.98. The monoisotopic (exact) mass is 532 g/mol. The highest BCUT2D eigenvalue weighted by molar-refractivity contribution is 7.80. The van der Waals surface area contributed by atoms with E-state index in [2.05, 4.69) is 27.9 Å². The molecule has 0 bridgehead atoms. The van der Waals surface area contributed by atoms with E-state index in [0.29, 0.717) is 22.0 Å². The van der Waals surface area contributed by atoms with Gasteiger partial charge in [0.1, 0.15) is 40.7 Å². The first kappa shape index (κ1) is 24.7. The zero-order valence-electron chi connectivity index (χ0n) is 17.5. The highest BCUT2D eigenvalue weighted by atomic mass is 35.5. The molecule has 1 fully saturated rings. The van der Waals surface area contributed by atoms with Crippen LogP contribution in [0, 0.1) is 0 Å². The van der Waals surface area contributed by atoms with Gasteiger partial charge in [0.2, 0.25) is 0 Å². The Morgan fingerprint density at radius 1 is 1.30 bits per heavy atom. The Morgan fingerprint density at radius 3 is 2.67 bits per heavy atom. The number of rotatable bonds is 6. The van der Waals surface area contributed by atoms with E-state index in [1.54, 1.807) is 29.8 Å². The molecule has 1 aliphatic heterocycles. The largest absolute Gasteiger partial charge is 0.486 e. The van der Waals surface area contributed by atoms with Gasteiger partial charge in [-0.05, 0) is 31.5 Å². The zero-order valence-corrected chi connectivity index (χ0v) is 20.8. The molecule has 2 aromatic heterocycles. The van der Waals surface area contributed by atoms with Gasteiger partial charge < -0.3 is 24.8 Å². The number of thiazole rings is 1. The molecule has 33 heavy (non-hydrogen) atoms. The van der Waals surface area contributed by atoms with Gasteiger partial charge in [-0.25, -0.2) is 9.67 Å². The van der Waals surface area contributed by atoms with E-state index in [0.717, 1.165) is 11.3 Å². The van der Waals surface area contributed by atoms with Gasteiger partial charge in [-0.1, -0.05) is 45.8 Å². The Labute approximate surface area is 209 Å². The summed E-state index contributed by atoms with van der Waals surface area (Å²) in [7, 11) is 0. The van der Waals surface area contributed by atoms with Crippen LogP contribution in [0.15, 0.2) is 29.8 Å². The average molecular weight is 533 g/mol. The smallest absolute Gasteiger partial charge is 0.271 e. The second-order valence-corrected chi connectivity index (χ2v) is 9.98. The zero-order chi connectivity index (χ0) is 23.9. The van der Waals surface area contributed by atoms with Crippen LogP contribution < -0.4 is 0 Å². The first-order valence-electron chi connectivity index (χ1n) is 9.99. The van der Waals surface area contributed by atoms with Crippen molar-refractivity contribution in [1.29, 1.82) is 0 Å². The summed E-state index contributed by atoms with van der Waals surface area (Å²) in [6, 6.07) is 4.91. The summed E-state index contributed by atoms with van der Waals surface area (Å²) in [5, 5.41) is 41.9. The standard InChI is InChI=1S/C20H22Cl2N4O5S2/c1-9(2)30-17-18(32)31-15(7-27)16(28)20(17,10-3-4-11(21)12(22)5-10)26-6-13(24-25-26)14-8-33-19(29)23-14/h3-6,8-9,15-18,27-28,32H,7H2,1-2H3,(H,23,29)/t15-,16+,17+,18-,20+/m0/s1. The van der Waals surface area contributed by atoms with Crippen LogP contribution in [0.1, 0.15) is 19.4 Å². The summed E-state index contributed by atoms with van der Waals surface area (Å²) in [5.74, 6) is 0. The van der Waals surface area contributed by atoms with Crippen molar-refractivity contribution in [1.82, 2.24) is 20.0 Å². The van der Waals surface area contributed by atoms with Gasteiger partial charge >= 0.3 is 0 Å². The van der Waals surface area contributed by atoms with Crippen LogP contribution in [0.5, 0.6) is 5.19 Å². The van der Waals surface area contributed by atoms with Gasteiger partial charge in [-0.15, -0.1) is 17.7 Å². The summed E-state index contributed by atoms with van der Waals surface area (Å²) in [6.07, 6.45) is -1.92. The number of aromatic hydroxyl groups is 1. The van der Waals surface area contributed by atoms with E-state index in [1.807, 2.05) is 13.8 Å². The van der Waals surface area contributed by atoms with Crippen LogP contribution in [0.4, 0.5) is 0 Å². The lowest BCUT2D eigenvalue weighted by Crippen LogP contribution is -2.68. The molecule has 13 heteroatoms. The van der Waals surface area contributed by atoms with Crippen molar-refractivity contribution >= 4 is 47.2 Å². The Bertz CT molecular complexity index is 1130. The first-order chi connectivity index (χ1) is 15.7. The molecule has 0 saturated carbocycles. The van der Waals surface area contributed by atoms with Crippen LogP contribution in [-0.4, -0.2) is 71.8 Å². The fraction of sp³-hybridized carbons (Fsp3) is 0.450. The van der Waals surface area contributed by atoms with Crippen molar-refractivity contribution in [2.24, 2.45) is 0 Å². The third-order valence-corrected chi connectivity index (χ3v) is 7.19. The highest BCUT2D eigenvalue weighted by Crippen LogP contribution is 2.46. The van der Waals surface area contributed by atoms with Crippen LogP contribution in [-0.2, 0) is 15.0 Å². The number of hydrogen-bond donors (Lipinski definition) is 4. The maximum Gasteiger partial charge on any atom is 0.271 e. The minimum absolute atomic E-state index is 0.110. The molecule has 9 nitrogen and oxygen atoms in total. The Morgan fingerprint density at radius 2 is 2.06 bits per heavy atom. The predicted molar refractivity (Wildman–Crippen MR) is 127 cm³/mol. The van der Waals surface area contributed by atoms with E-state index in [9.17, 15) is 15.3 Å². The van der Waals surface area contributed by atoms with Crippen molar-refractivity contribution in [3.63, 3.8) is 0 Å². The molecule has 0 spiro atoms. The van der Waals surface area contributed by atoms with Crippen molar-refractivity contribution < 1.29 is 24.8 Å². The minimum Gasteiger partial charge on any atom is -0.486 e. The highest BCUT2D eigenvalue weighted by Gasteiger charge is 2.59. The summed E-state index contributed by atoms with van der Waals surface area (Å²) >= 11 is 18.2. The number of ether oxygens (including phenoxy) is 2. The van der Waals surface area contributed by atoms with Gasteiger partial charge in [-0.2, -0.15) is 0 Å². The molecule has 0 radical (unpaired) electrons. The van der Waals surface area contributed by atoms with Crippen LogP contribution >= 0.6 is 47.2 Å². The van der Waals surface area contributed by atoms with E-state index >= 15 is 0 Å². The van der Waals surface area contributed by atoms with Crippen LogP contribution in [0.25, 0.3) is 11.4 Å². The van der Waals surface area contributed by atoms with Crippen molar-refractivity contribution in [2.45, 2.75) is 49.2 Å². The summed E-state index contributed by atoms with van der Waals surface area (Å²) in [4.78, 5) is 4.04. The second-order valence-electron chi connectivity index (χ2n) is 7.82. The molecule has 5 atom stereocenters. The quantitative estimate of drug-likeness (QED) is 0.357. The molecule has 4 rings (SSSR count). The number of nitrogens with zero attached hydrogens (tertiary/aromatic N) is 4. The average Bonchev–Trinajstić information content (AvgIpc) is 3.42. The molecule has 0 aliphatic carbocycles. The van der Waals surface area contributed by atoms with Gasteiger partial charge in [-0.3, -0.25) is 0 Å².